The van der Waals surface area contributed by atoms with Crippen LogP contribution in [0.2, 0.25) is 0 Å². The number of carbonyl (C=O) groups excluding carboxylic acids is 2. The number of nitrogens with zero attached hydrogens (tertiary/aromatic N) is 3. The number of anilines is 1. The van der Waals surface area contributed by atoms with Crippen LogP contribution in [-0.2, 0) is 9.53 Å². The van der Waals surface area contributed by atoms with Crippen LogP contribution in [0.15, 0.2) is 24.3 Å². The van der Waals surface area contributed by atoms with Crippen LogP contribution < -0.4 is 4.90 Å². The molecule has 1 atom stereocenters. The molecule has 0 saturated carbocycles. The molecule has 0 aliphatic carbocycles. The van der Waals surface area contributed by atoms with Crippen LogP contribution in [-0.4, -0.2) is 66.2 Å². The van der Waals surface area contributed by atoms with Gasteiger partial charge in [0, 0.05) is 38.4 Å². The highest BCUT2D eigenvalue weighted by Crippen LogP contribution is 2.24. The van der Waals surface area contributed by atoms with Crippen molar-refractivity contribution in [2.45, 2.75) is 45.3 Å². The van der Waals surface area contributed by atoms with Gasteiger partial charge in [-0.15, -0.1) is 0 Å². The predicted octanol–water partition coefficient (Wildman–Crippen LogP) is 2.87. The number of hydrogen-bond acceptors (Lipinski definition) is 4. The lowest BCUT2D eigenvalue weighted by Crippen LogP contribution is -2.54. The van der Waals surface area contributed by atoms with Gasteiger partial charge in [0.05, 0.1) is 0 Å². The van der Waals surface area contributed by atoms with Crippen LogP contribution in [0.1, 0.15) is 33.6 Å². The molecule has 0 aromatic heterocycles. The minimum absolute atomic E-state index is 0.00267. The Labute approximate surface area is 159 Å². The van der Waals surface area contributed by atoms with E-state index in [0.717, 1.165) is 12.1 Å². The number of carbonyl (C=O) groups is 2. The highest BCUT2D eigenvalue weighted by molar-refractivity contribution is 5.86. The smallest absolute Gasteiger partial charge is 0.410 e. The van der Waals surface area contributed by atoms with Gasteiger partial charge in [0.1, 0.15) is 17.5 Å². The summed E-state index contributed by atoms with van der Waals surface area (Å²) in [4.78, 5) is 30.9. The summed E-state index contributed by atoms with van der Waals surface area (Å²) < 4.78 is 18.5. The van der Waals surface area contributed by atoms with E-state index in [4.69, 9.17) is 4.74 Å². The molecule has 1 unspecified atom stereocenters. The summed E-state index contributed by atoms with van der Waals surface area (Å²) in [7, 11) is 0. The second-order valence-corrected chi connectivity index (χ2v) is 8.12. The number of piperazine rings is 1. The molecule has 2 fully saturated rings. The van der Waals surface area contributed by atoms with E-state index in [-0.39, 0.29) is 11.7 Å². The lowest BCUT2D eigenvalue weighted by molar-refractivity contribution is -0.136. The lowest BCUT2D eigenvalue weighted by Gasteiger charge is -2.38. The first-order valence-corrected chi connectivity index (χ1v) is 9.53. The van der Waals surface area contributed by atoms with Crippen molar-refractivity contribution in [3.63, 3.8) is 0 Å². The number of ether oxygens (including phenoxy) is 1. The second kappa shape index (κ2) is 7.74. The SMILES string of the molecule is CC(C)(C)OC(=O)N1CCCC1C(=O)N1CCN(c2ccc(F)cc2)CC1. The van der Waals surface area contributed by atoms with Gasteiger partial charge in [-0.05, 0) is 57.9 Å². The number of benzene rings is 1. The summed E-state index contributed by atoms with van der Waals surface area (Å²) in [6, 6.07) is 5.98. The van der Waals surface area contributed by atoms with E-state index in [1.54, 1.807) is 17.0 Å². The third-order valence-corrected chi connectivity index (χ3v) is 4.95. The molecule has 3 rings (SSSR count). The van der Waals surface area contributed by atoms with E-state index in [1.165, 1.54) is 12.1 Å². The topological polar surface area (TPSA) is 53.1 Å². The number of hydrogen-bond donors (Lipinski definition) is 0. The molecule has 2 aliphatic rings. The average Bonchev–Trinajstić information content (AvgIpc) is 3.10. The molecule has 0 radical (unpaired) electrons. The molecule has 1 aromatic rings. The molecule has 1 aromatic carbocycles. The van der Waals surface area contributed by atoms with Gasteiger partial charge in [0.25, 0.3) is 0 Å². The lowest BCUT2D eigenvalue weighted by atomic mass is 10.1. The van der Waals surface area contributed by atoms with Gasteiger partial charge in [-0.3, -0.25) is 9.69 Å². The quantitative estimate of drug-likeness (QED) is 0.795. The summed E-state index contributed by atoms with van der Waals surface area (Å²) in [5, 5.41) is 0. The molecule has 7 heteroatoms. The van der Waals surface area contributed by atoms with E-state index < -0.39 is 17.7 Å². The van der Waals surface area contributed by atoms with Crippen LogP contribution >= 0.6 is 0 Å². The summed E-state index contributed by atoms with van der Waals surface area (Å²) in [5.74, 6) is -0.256. The molecule has 27 heavy (non-hydrogen) atoms. The molecule has 0 spiro atoms. The monoisotopic (exact) mass is 377 g/mol. The fourth-order valence-corrected chi connectivity index (χ4v) is 3.61. The van der Waals surface area contributed by atoms with E-state index in [2.05, 4.69) is 4.90 Å². The van der Waals surface area contributed by atoms with E-state index in [0.29, 0.717) is 39.1 Å². The van der Waals surface area contributed by atoms with Crippen molar-refractivity contribution >= 4 is 17.7 Å². The molecular weight excluding hydrogens is 349 g/mol. The minimum Gasteiger partial charge on any atom is -0.444 e. The van der Waals surface area contributed by atoms with Crippen LogP contribution in [0.5, 0.6) is 0 Å². The van der Waals surface area contributed by atoms with Gasteiger partial charge in [0.15, 0.2) is 0 Å². The molecule has 2 saturated heterocycles. The van der Waals surface area contributed by atoms with E-state index >= 15 is 0 Å². The van der Waals surface area contributed by atoms with E-state index in [1.807, 2.05) is 25.7 Å². The summed E-state index contributed by atoms with van der Waals surface area (Å²) in [5.41, 5.74) is 0.383. The van der Waals surface area contributed by atoms with Crippen molar-refractivity contribution < 1.29 is 18.7 Å². The summed E-state index contributed by atoms with van der Waals surface area (Å²) in [6.07, 6.45) is 1.07. The Kier molecular flexibility index (Phi) is 5.58. The fourth-order valence-electron chi connectivity index (χ4n) is 3.61. The van der Waals surface area contributed by atoms with Crippen LogP contribution in [0.3, 0.4) is 0 Å². The largest absolute Gasteiger partial charge is 0.444 e. The molecule has 2 amide bonds. The zero-order chi connectivity index (χ0) is 19.6. The number of rotatable bonds is 2. The maximum Gasteiger partial charge on any atom is 0.410 e. The van der Waals surface area contributed by atoms with Gasteiger partial charge >= 0.3 is 6.09 Å². The van der Waals surface area contributed by atoms with Crippen molar-refractivity contribution in [2.24, 2.45) is 0 Å². The molecular formula is C20H28FN3O3. The van der Waals surface area contributed by atoms with Crippen LogP contribution in [0, 0.1) is 5.82 Å². The normalized spacial score (nSPS) is 20.7. The average molecular weight is 377 g/mol. The van der Waals surface area contributed by atoms with E-state index in [9.17, 15) is 14.0 Å². The molecule has 6 nitrogen and oxygen atoms in total. The highest BCUT2D eigenvalue weighted by Gasteiger charge is 2.39. The Hall–Kier alpha value is -2.31. The van der Waals surface area contributed by atoms with Gasteiger partial charge in [-0.25, -0.2) is 9.18 Å². The first-order chi connectivity index (χ1) is 12.7. The highest BCUT2D eigenvalue weighted by atomic mass is 19.1. The Bertz CT molecular complexity index is 679. The van der Waals surface area contributed by atoms with Crippen molar-refractivity contribution in [3.05, 3.63) is 30.1 Å². The van der Waals surface area contributed by atoms with Gasteiger partial charge in [-0.2, -0.15) is 0 Å². The summed E-state index contributed by atoms with van der Waals surface area (Å²) in [6.45, 7) is 8.60. The van der Waals surface area contributed by atoms with Gasteiger partial charge < -0.3 is 14.5 Å². The summed E-state index contributed by atoms with van der Waals surface area (Å²) >= 11 is 0. The molecule has 148 valence electrons. The van der Waals surface area contributed by atoms with Gasteiger partial charge in [-0.1, -0.05) is 0 Å². The van der Waals surface area contributed by atoms with Crippen molar-refractivity contribution in [1.29, 1.82) is 0 Å². The first kappa shape index (κ1) is 19.5. The Balaban J connectivity index is 1.58. The second-order valence-electron chi connectivity index (χ2n) is 8.12. The Morgan fingerprint density at radius 3 is 2.26 bits per heavy atom. The predicted molar refractivity (Wildman–Crippen MR) is 101 cm³/mol. The zero-order valence-corrected chi connectivity index (χ0v) is 16.3. The maximum atomic E-state index is 13.1. The van der Waals surface area contributed by atoms with Crippen molar-refractivity contribution in [1.82, 2.24) is 9.80 Å². The van der Waals surface area contributed by atoms with Crippen molar-refractivity contribution in [2.75, 3.05) is 37.6 Å². The molecule has 2 heterocycles. The molecule has 0 bridgehead atoms. The number of likely N-dealkylation sites (tertiary alicyclic amines) is 1. The fraction of sp³-hybridized carbons (Fsp3) is 0.600. The number of halogens is 1. The standard InChI is InChI=1S/C20H28FN3O3/c1-20(2,3)27-19(26)24-10-4-5-17(24)18(25)23-13-11-22(12-14-23)16-8-6-15(21)7-9-16/h6-9,17H,4-5,10-14H2,1-3H3. The van der Waals surface area contributed by atoms with Crippen LogP contribution in [0.25, 0.3) is 0 Å². The van der Waals surface area contributed by atoms with Crippen LogP contribution in [0.4, 0.5) is 14.9 Å². The molecule has 0 N–H and O–H groups in total. The molecule has 2 aliphatic heterocycles. The minimum atomic E-state index is -0.575. The third kappa shape index (κ3) is 4.70. The zero-order valence-electron chi connectivity index (χ0n) is 16.3. The van der Waals surface area contributed by atoms with Crippen molar-refractivity contribution in [3.8, 4) is 0 Å². The van der Waals surface area contributed by atoms with Gasteiger partial charge in [0.2, 0.25) is 5.91 Å². The first-order valence-electron chi connectivity index (χ1n) is 9.53. The Morgan fingerprint density at radius 2 is 1.67 bits per heavy atom. The maximum absolute atomic E-state index is 13.1. The Morgan fingerprint density at radius 1 is 1.04 bits per heavy atom. The number of amides is 2. The third-order valence-electron chi connectivity index (χ3n) is 4.95.